The molecule has 0 fully saturated rings. The number of carbonyl (C=O) groups excluding carboxylic acids is 1. The molecule has 1 amide bonds. The van der Waals surface area contributed by atoms with Gasteiger partial charge in [-0.3, -0.25) is 9.79 Å². The zero-order valence-corrected chi connectivity index (χ0v) is 19.0. The maximum absolute atomic E-state index is 12.4. The van der Waals surface area contributed by atoms with Crippen molar-refractivity contribution < 1.29 is 4.79 Å². The van der Waals surface area contributed by atoms with Crippen LogP contribution in [0.5, 0.6) is 0 Å². The Morgan fingerprint density at radius 1 is 1.07 bits per heavy atom. The van der Waals surface area contributed by atoms with Gasteiger partial charge in [0.1, 0.15) is 0 Å². The van der Waals surface area contributed by atoms with Gasteiger partial charge in [-0.15, -0.1) is 11.8 Å². The van der Waals surface area contributed by atoms with Gasteiger partial charge in [-0.25, -0.2) is 0 Å². The molecule has 3 N–H and O–H groups in total. The summed E-state index contributed by atoms with van der Waals surface area (Å²) >= 11 is 1.75. The molecule has 5 nitrogen and oxygen atoms in total. The first-order valence-corrected chi connectivity index (χ1v) is 10.9. The van der Waals surface area contributed by atoms with E-state index < -0.39 is 0 Å². The van der Waals surface area contributed by atoms with Crippen molar-refractivity contribution in [3.8, 4) is 0 Å². The largest absolute Gasteiger partial charge is 0.352 e. The van der Waals surface area contributed by atoms with Gasteiger partial charge in [0.25, 0.3) is 5.91 Å². The first-order chi connectivity index (χ1) is 13.7. The number of guanidine groups is 1. The predicted octanol–water partition coefficient (Wildman–Crippen LogP) is 4.11. The summed E-state index contributed by atoms with van der Waals surface area (Å²) in [5, 5.41) is 9.68. The topological polar surface area (TPSA) is 65.5 Å². The van der Waals surface area contributed by atoms with Crippen molar-refractivity contribution in [2.75, 3.05) is 13.3 Å². The lowest BCUT2D eigenvalue weighted by molar-refractivity contribution is 0.0919. The monoisotopic (exact) mass is 412 g/mol. The highest BCUT2D eigenvalue weighted by Gasteiger charge is 2.15. The van der Waals surface area contributed by atoms with Crippen LogP contribution in [0.2, 0.25) is 0 Å². The zero-order valence-electron chi connectivity index (χ0n) is 18.2. The van der Waals surface area contributed by atoms with E-state index in [1.807, 2.05) is 45.0 Å². The third kappa shape index (κ3) is 7.46. The Labute approximate surface area is 178 Å². The number of hydrogen-bond donors (Lipinski definition) is 3. The lowest BCUT2D eigenvalue weighted by Gasteiger charge is -2.20. The van der Waals surface area contributed by atoms with E-state index in [1.54, 1.807) is 18.8 Å². The molecule has 0 atom stereocenters. The fourth-order valence-corrected chi connectivity index (χ4v) is 3.52. The molecule has 0 spiro atoms. The number of benzene rings is 2. The van der Waals surface area contributed by atoms with E-state index in [9.17, 15) is 4.79 Å². The molecule has 0 bridgehead atoms. The van der Waals surface area contributed by atoms with Crippen molar-refractivity contribution in [3.63, 3.8) is 0 Å². The van der Waals surface area contributed by atoms with E-state index in [0.717, 1.165) is 11.5 Å². The number of rotatable bonds is 6. The minimum absolute atomic E-state index is 0.0641. The normalized spacial score (nSPS) is 11.9. The van der Waals surface area contributed by atoms with Crippen LogP contribution in [0, 0.1) is 6.92 Å². The maximum atomic E-state index is 12.4. The number of aliphatic imine (C=N–C) groups is 1. The molecule has 2 aromatic carbocycles. The average Bonchev–Trinajstić information content (AvgIpc) is 2.67. The molecular weight excluding hydrogens is 380 g/mol. The summed E-state index contributed by atoms with van der Waals surface area (Å²) in [5.41, 5.74) is 3.92. The Balaban J connectivity index is 1.96. The highest BCUT2D eigenvalue weighted by molar-refractivity contribution is 7.98. The third-order valence-corrected chi connectivity index (χ3v) is 5.07. The lowest BCUT2D eigenvalue weighted by Crippen LogP contribution is -2.40. The first-order valence-electron chi connectivity index (χ1n) is 9.71. The minimum atomic E-state index is -0.261. The fraction of sp³-hybridized carbons (Fsp3) is 0.391. The summed E-state index contributed by atoms with van der Waals surface area (Å²) in [6.07, 6.45) is 2.09. The number of nitrogens with one attached hydrogen (secondary N) is 3. The summed E-state index contributed by atoms with van der Waals surface area (Å²) in [6, 6.07) is 14.1. The van der Waals surface area contributed by atoms with E-state index in [-0.39, 0.29) is 11.4 Å². The quantitative estimate of drug-likeness (QED) is 0.379. The Kier molecular flexibility index (Phi) is 8.14. The van der Waals surface area contributed by atoms with E-state index >= 15 is 0 Å². The van der Waals surface area contributed by atoms with Crippen molar-refractivity contribution in [1.82, 2.24) is 16.0 Å². The van der Waals surface area contributed by atoms with Gasteiger partial charge in [0, 0.05) is 36.1 Å². The van der Waals surface area contributed by atoms with Crippen LogP contribution < -0.4 is 16.0 Å². The van der Waals surface area contributed by atoms with Crippen molar-refractivity contribution in [1.29, 1.82) is 0 Å². The van der Waals surface area contributed by atoms with Gasteiger partial charge >= 0.3 is 0 Å². The van der Waals surface area contributed by atoms with Crippen LogP contribution in [0.15, 0.2) is 52.4 Å². The van der Waals surface area contributed by atoms with Crippen molar-refractivity contribution in [2.45, 2.75) is 51.2 Å². The Morgan fingerprint density at radius 2 is 1.79 bits per heavy atom. The molecule has 6 heteroatoms. The summed E-state index contributed by atoms with van der Waals surface area (Å²) in [7, 11) is 1.76. The zero-order chi connectivity index (χ0) is 21.4. The van der Waals surface area contributed by atoms with Crippen molar-refractivity contribution >= 4 is 23.6 Å². The predicted molar refractivity (Wildman–Crippen MR) is 124 cm³/mol. The molecule has 0 aromatic heterocycles. The van der Waals surface area contributed by atoms with E-state index in [1.165, 1.54) is 16.0 Å². The van der Waals surface area contributed by atoms with Crippen LogP contribution in [0.25, 0.3) is 0 Å². The molecule has 156 valence electrons. The SMILES string of the molecule is CN=C(NCc1cccc(C(=O)NC(C)(C)C)c1)NCc1ccc(C)cc1SC. The molecule has 2 aromatic rings. The van der Waals surface area contributed by atoms with E-state index in [4.69, 9.17) is 0 Å². The van der Waals surface area contributed by atoms with Crippen LogP contribution in [-0.4, -0.2) is 30.7 Å². The van der Waals surface area contributed by atoms with Crippen LogP contribution in [0.3, 0.4) is 0 Å². The summed E-state index contributed by atoms with van der Waals surface area (Å²) in [4.78, 5) is 18.0. The summed E-state index contributed by atoms with van der Waals surface area (Å²) < 4.78 is 0. The number of thioether (sulfide) groups is 1. The molecule has 0 radical (unpaired) electrons. The molecule has 0 aliphatic heterocycles. The number of carbonyl (C=O) groups is 1. The van der Waals surface area contributed by atoms with E-state index in [0.29, 0.717) is 18.7 Å². The second kappa shape index (κ2) is 10.3. The standard InChI is InChI=1S/C23H32N4OS/c1-16-10-11-19(20(12-16)29-6)15-26-22(24-5)25-14-17-8-7-9-18(13-17)21(28)27-23(2,3)4/h7-13H,14-15H2,1-6H3,(H,27,28)(H2,24,25,26). The first kappa shape index (κ1) is 22.8. The van der Waals surface area contributed by atoms with Gasteiger partial charge in [0.2, 0.25) is 0 Å². The highest BCUT2D eigenvalue weighted by Crippen LogP contribution is 2.21. The van der Waals surface area contributed by atoms with Crippen LogP contribution in [0.1, 0.15) is 47.8 Å². The number of aryl methyl sites for hydroxylation is 1. The second-order valence-electron chi connectivity index (χ2n) is 8.00. The molecule has 0 saturated heterocycles. The van der Waals surface area contributed by atoms with Gasteiger partial charge in [0.05, 0.1) is 0 Å². The van der Waals surface area contributed by atoms with Gasteiger partial charge in [-0.05, 0) is 68.8 Å². The summed E-state index contributed by atoms with van der Waals surface area (Å²) in [5.74, 6) is 0.660. The number of amides is 1. The molecule has 0 unspecified atom stereocenters. The van der Waals surface area contributed by atoms with E-state index in [2.05, 4.69) is 52.3 Å². The number of hydrogen-bond acceptors (Lipinski definition) is 3. The Hall–Kier alpha value is -2.47. The van der Waals surface area contributed by atoms with Gasteiger partial charge in [-0.2, -0.15) is 0 Å². The maximum Gasteiger partial charge on any atom is 0.251 e. The Bertz CT molecular complexity index is 871. The third-order valence-electron chi connectivity index (χ3n) is 4.25. The molecule has 0 saturated carbocycles. The second-order valence-corrected chi connectivity index (χ2v) is 8.85. The smallest absolute Gasteiger partial charge is 0.251 e. The van der Waals surface area contributed by atoms with Crippen molar-refractivity contribution in [2.24, 2.45) is 4.99 Å². The molecule has 2 rings (SSSR count). The molecule has 0 aliphatic rings. The Morgan fingerprint density at radius 3 is 2.45 bits per heavy atom. The van der Waals surface area contributed by atoms with Crippen LogP contribution >= 0.6 is 11.8 Å². The highest BCUT2D eigenvalue weighted by atomic mass is 32.2. The average molecular weight is 413 g/mol. The fourth-order valence-electron chi connectivity index (χ4n) is 2.82. The summed E-state index contributed by atoms with van der Waals surface area (Å²) in [6.45, 7) is 9.31. The lowest BCUT2D eigenvalue weighted by atomic mass is 10.1. The van der Waals surface area contributed by atoms with Crippen LogP contribution in [-0.2, 0) is 13.1 Å². The molecule has 0 aliphatic carbocycles. The molecule has 29 heavy (non-hydrogen) atoms. The minimum Gasteiger partial charge on any atom is -0.352 e. The van der Waals surface area contributed by atoms with Gasteiger partial charge in [0.15, 0.2) is 5.96 Å². The molecule has 0 heterocycles. The number of nitrogens with zero attached hydrogens (tertiary/aromatic N) is 1. The van der Waals surface area contributed by atoms with Gasteiger partial charge in [-0.1, -0.05) is 24.3 Å². The van der Waals surface area contributed by atoms with Crippen molar-refractivity contribution in [3.05, 3.63) is 64.7 Å². The van der Waals surface area contributed by atoms with Gasteiger partial charge < -0.3 is 16.0 Å². The molecular formula is C23H32N4OS. The van der Waals surface area contributed by atoms with Crippen LogP contribution in [0.4, 0.5) is 0 Å².